The molecule has 2 atom stereocenters. The molecule has 0 unspecified atom stereocenters. The Kier molecular flexibility index (Phi) is 3.65. The molecule has 2 rings (SSSR count). The van der Waals surface area contributed by atoms with Gasteiger partial charge >= 0.3 is 97.4 Å². The van der Waals surface area contributed by atoms with E-state index in [2.05, 4.69) is 27.1 Å². The SMILES string of the molecule is C[C@H]1CCO[P@@](=[Se])(Nc2ccccc2)O1. The Balaban J connectivity index is 2.07. The molecule has 0 bridgehead atoms. The first-order valence-corrected chi connectivity index (χ1v) is 8.78. The molecular formula is C10H14NO2PSe. The van der Waals surface area contributed by atoms with Gasteiger partial charge in [-0.3, -0.25) is 0 Å². The topological polar surface area (TPSA) is 30.5 Å². The molecule has 1 aliphatic rings. The average Bonchev–Trinajstić information content (AvgIpc) is 2.18. The van der Waals surface area contributed by atoms with Crippen LogP contribution in [0.25, 0.3) is 0 Å². The molecule has 0 aromatic heterocycles. The van der Waals surface area contributed by atoms with Crippen LogP contribution in [0.3, 0.4) is 0 Å². The van der Waals surface area contributed by atoms with Gasteiger partial charge in [-0.1, -0.05) is 0 Å². The Morgan fingerprint density at radius 1 is 1.40 bits per heavy atom. The maximum absolute atomic E-state index is 5.80. The summed E-state index contributed by atoms with van der Waals surface area (Å²) in [4.78, 5) is 0. The van der Waals surface area contributed by atoms with E-state index in [1.54, 1.807) is 0 Å². The maximum atomic E-state index is 5.80. The Labute approximate surface area is 97.6 Å². The van der Waals surface area contributed by atoms with Gasteiger partial charge in [0, 0.05) is 0 Å². The third kappa shape index (κ3) is 3.17. The fourth-order valence-electron chi connectivity index (χ4n) is 1.39. The van der Waals surface area contributed by atoms with Gasteiger partial charge in [0.1, 0.15) is 0 Å². The zero-order valence-electron chi connectivity index (χ0n) is 8.55. The first kappa shape index (κ1) is 11.4. The van der Waals surface area contributed by atoms with Crippen molar-refractivity contribution in [2.75, 3.05) is 11.7 Å². The van der Waals surface area contributed by atoms with E-state index < -0.39 is 6.11 Å². The summed E-state index contributed by atoms with van der Waals surface area (Å²) in [5.74, 6) is 0. The summed E-state index contributed by atoms with van der Waals surface area (Å²) in [6.45, 7) is 2.82. The summed E-state index contributed by atoms with van der Waals surface area (Å²) in [7, 11) is 0. The Morgan fingerprint density at radius 2 is 2.13 bits per heavy atom. The molecule has 5 heteroatoms. The molecule has 0 aliphatic carbocycles. The van der Waals surface area contributed by atoms with E-state index >= 15 is 0 Å². The molecule has 0 radical (unpaired) electrons. The van der Waals surface area contributed by atoms with Crippen molar-refractivity contribution in [3.8, 4) is 0 Å². The standard InChI is InChI=1S/C10H14NO2PSe/c1-9-7-8-12-14(15,13-9)11-10-5-3-2-4-6-10/h2-6,9H,7-8H2,1H3,(H,11,15)/t9-,14-/m0/s1. The van der Waals surface area contributed by atoms with Gasteiger partial charge in [0.15, 0.2) is 0 Å². The number of nitrogens with one attached hydrogen (secondary N) is 1. The van der Waals surface area contributed by atoms with Crippen molar-refractivity contribution in [3.05, 3.63) is 30.3 Å². The summed E-state index contributed by atoms with van der Waals surface area (Å²) in [6.07, 6.45) is -0.804. The average molecular weight is 290 g/mol. The van der Waals surface area contributed by atoms with E-state index in [1.165, 1.54) is 0 Å². The minimum atomic E-state index is -2.02. The molecule has 3 nitrogen and oxygen atoms in total. The van der Waals surface area contributed by atoms with Crippen molar-refractivity contribution in [2.24, 2.45) is 0 Å². The van der Waals surface area contributed by atoms with Crippen LogP contribution in [-0.4, -0.2) is 27.8 Å². The molecule has 1 aliphatic heterocycles. The number of benzene rings is 1. The second-order valence-electron chi connectivity index (χ2n) is 3.51. The van der Waals surface area contributed by atoms with Crippen LogP contribution in [0.5, 0.6) is 0 Å². The summed E-state index contributed by atoms with van der Waals surface area (Å²) in [6, 6.07) is 9.97. The molecule has 82 valence electrons. The van der Waals surface area contributed by atoms with Crippen LogP contribution in [0.4, 0.5) is 5.69 Å². The summed E-state index contributed by atoms with van der Waals surface area (Å²) in [5, 5.41) is 3.30. The first-order valence-electron chi connectivity index (χ1n) is 4.94. The fraction of sp³-hybridized carbons (Fsp3) is 0.400. The van der Waals surface area contributed by atoms with Crippen molar-refractivity contribution in [2.45, 2.75) is 19.4 Å². The van der Waals surface area contributed by atoms with Crippen LogP contribution in [0.1, 0.15) is 13.3 Å². The fourth-order valence-corrected chi connectivity index (χ4v) is 5.01. The van der Waals surface area contributed by atoms with Crippen molar-refractivity contribution < 1.29 is 9.05 Å². The van der Waals surface area contributed by atoms with Crippen molar-refractivity contribution in [1.29, 1.82) is 0 Å². The van der Waals surface area contributed by atoms with E-state index in [0.717, 1.165) is 18.7 Å². The van der Waals surface area contributed by atoms with E-state index in [-0.39, 0.29) is 6.10 Å². The quantitative estimate of drug-likeness (QED) is 0.671. The van der Waals surface area contributed by atoms with Gasteiger partial charge in [0.05, 0.1) is 0 Å². The molecule has 0 amide bonds. The van der Waals surface area contributed by atoms with Crippen LogP contribution in [0, 0.1) is 0 Å². The van der Waals surface area contributed by atoms with Gasteiger partial charge in [0.25, 0.3) is 0 Å². The van der Waals surface area contributed by atoms with Gasteiger partial charge in [-0.05, 0) is 0 Å². The normalized spacial score (nSPS) is 31.1. The molecule has 15 heavy (non-hydrogen) atoms. The first-order chi connectivity index (χ1) is 7.18. The molecule has 1 saturated heterocycles. The number of para-hydroxylation sites is 1. The molecule has 1 fully saturated rings. The van der Waals surface area contributed by atoms with Gasteiger partial charge in [-0.2, -0.15) is 0 Å². The Morgan fingerprint density at radius 3 is 2.80 bits per heavy atom. The van der Waals surface area contributed by atoms with Crippen LogP contribution in [0.15, 0.2) is 30.3 Å². The summed E-state index contributed by atoms with van der Waals surface area (Å²) < 4.78 is 11.5. The summed E-state index contributed by atoms with van der Waals surface area (Å²) in [5.41, 5.74) is 1.03. The van der Waals surface area contributed by atoms with Crippen molar-refractivity contribution >= 4 is 26.9 Å². The van der Waals surface area contributed by atoms with Crippen LogP contribution < -0.4 is 5.09 Å². The molecule has 0 spiro atoms. The van der Waals surface area contributed by atoms with E-state index in [0.29, 0.717) is 0 Å². The van der Waals surface area contributed by atoms with Crippen molar-refractivity contribution in [3.63, 3.8) is 0 Å². The van der Waals surface area contributed by atoms with Crippen LogP contribution >= 0.6 is 6.11 Å². The third-order valence-electron chi connectivity index (χ3n) is 2.14. The van der Waals surface area contributed by atoms with Crippen LogP contribution in [0.2, 0.25) is 0 Å². The molecule has 0 saturated carbocycles. The number of anilines is 1. The van der Waals surface area contributed by atoms with Gasteiger partial charge in [-0.15, -0.1) is 0 Å². The number of rotatable bonds is 2. The molecule has 1 aromatic carbocycles. The van der Waals surface area contributed by atoms with Crippen LogP contribution in [-0.2, 0) is 9.05 Å². The third-order valence-corrected chi connectivity index (χ3v) is 5.62. The van der Waals surface area contributed by atoms with Gasteiger partial charge < -0.3 is 0 Å². The molecule has 1 N–H and O–H groups in total. The van der Waals surface area contributed by atoms with E-state index in [9.17, 15) is 0 Å². The Bertz CT molecular complexity index is 371. The number of hydrogen-bond donors (Lipinski definition) is 1. The molecular weight excluding hydrogens is 276 g/mol. The second-order valence-corrected chi connectivity index (χ2v) is 8.23. The Hall–Kier alpha value is -0.111. The van der Waals surface area contributed by atoms with Gasteiger partial charge in [-0.25, -0.2) is 0 Å². The zero-order valence-corrected chi connectivity index (χ0v) is 11.2. The number of hydrogen-bond acceptors (Lipinski definition) is 3. The molecule has 1 heterocycles. The minimum absolute atomic E-state index is 0.254. The zero-order chi connectivity index (χ0) is 10.7. The van der Waals surface area contributed by atoms with E-state index in [4.69, 9.17) is 9.05 Å². The predicted molar refractivity (Wildman–Crippen MR) is 63.9 cm³/mol. The monoisotopic (exact) mass is 291 g/mol. The van der Waals surface area contributed by atoms with E-state index in [1.807, 2.05) is 30.3 Å². The predicted octanol–water partition coefficient (Wildman–Crippen LogP) is 2.77. The van der Waals surface area contributed by atoms with Gasteiger partial charge in [0.2, 0.25) is 0 Å². The van der Waals surface area contributed by atoms with Crippen molar-refractivity contribution in [1.82, 2.24) is 0 Å². The molecule has 1 aromatic rings. The second kappa shape index (κ2) is 4.82. The summed E-state index contributed by atoms with van der Waals surface area (Å²) >= 11 is 3.03.